The van der Waals surface area contributed by atoms with Gasteiger partial charge in [0.1, 0.15) is 10.9 Å². The summed E-state index contributed by atoms with van der Waals surface area (Å²) in [5, 5.41) is 8.99. The number of hydrogen-bond acceptors (Lipinski definition) is 3. The Kier molecular flexibility index (Phi) is 5.69. The van der Waals surface area contributed by atoms with Crippen molar-refractivity contribution >= 4 is 50.8 Å². The predicted molar refractivity (Wildman–Crippen MR) is 78.1 cm³/mol. The van der Waals surface area contributed by atoms with Crippen molar-refractivity contribution in [1.82, 2.24) is 4.72 Å². The summed E-state index contributed by atoms with van der Waals surface area (Å²) in [5.74, 6) is -1.72. The van der Waals surface area contributed by atoms with Gasteiger partial charge in [-0.1, -0.05) is 48.7 Å². The summed E-state index contributed by atoms with van der Waals surface area (Å²) in [4.78, 5) is 10.7. The minimum Gasteiger partial charge on any atom is -0.480 e. The first-order chi connectivity index (χ1) is 9.06. The number of nitrogens with one attached hydrogen (secondary N) is 1. The monoisotopic (exact) mass is 359 g/mol. The summed E-state index contributed by atoms with van der Waals surface area (Å²) >= 11 is 17.3. The Labute approximate surface area is 131 Å². The molecule has 1 rings (SSSR count). The highest BCUT2D eigenvalue weighted by atomic mass is 35.5. The fraction of sp³-hybridized carbons (Fsp3) is 0.364. The summed E-state index contributed by atoms with van der Waals surface area (Å²) in [6.45, 7) is 3.16. The molecular formula is C11H12Cl3NO4S. The molecule has 20 heavy (non-hydrogen) atoms. The Balaban J connectivity index is 3.24. The summed E-state index contributed by atoms with van der Waals surface area (Å²) in [6.07, 6.45) is 0. The molecule has 5 nitrogen and oxygen atoms in total. The third kappa shape index (κ3) is 3.99. The smallest absolute Gasteiger partial charge is 0.322 e. The molecule has 0 aliphatic heterocycles. The van der Waals surface area contributed by atoms with E-state index in [2.05, 4.69) is 4.72 Å². The lowest BCUT2D eigenvalue weighted by atomic mass is 10.1. The van der Waals surface area contributed by atoms with Crippen LogP contribution in [0.3, 0.4) is 0 Å². The van der Waals surface area contributed by atoms with Crippen molar-refractivity contribution in [3.63, 3.8) is 0 Å². The molecule has 0 radical (unpaired) electrons. The van der Waals surface area contributed by atoms with Gasteiger partial charge in [0.15, 0.2) is 0 Å². The zero-order valence-corrected chi connectivity index (χ0v) is 13.6. The van der Waals surface area contributed by atoms with E-state index in [1.165, 1.54) is 6.07 Å². The van der Waals surface area contributed by atoms with E-state index in [0.717, 1.165) is 6.07 Å². The van der Waals surface area contributed by atoms with E-state index >= 15 is 0 Å². The molecule has 0 saturated heterocycles. The van der Waals surface area contributed by atoms with E-state index in [1.54, 1.807) is 13.8 Å². The lowest BCUT2D eigenvalue weighted by Gasteiger charge is -2.18. The van der Waals surface area contributed by atoms with Crippen molar-refractivity contribution in [2.75, 3.05) is 0 Å². The second-order valence-corrected chi connectivity index (χ2v) is 7.28. The van der Waals surface area contributed by atoms with Gasteiger partial charge in [0.05, 0.1) is 15.1 Å². The molecule has 0 saturated carbocycles. The number of sulfonamides is 1. The van der Waals surface area contributed by atoms with E-state index in [9.17, 15) is 13.2 Å². The van der Waals surface area contributed by atoms with Crippen LogP contribution in [0.2, 0.25) is 15.1 Å². The van der Waals surface area contributed by atoms with Crippen LogP contribution >= 0.6 is 34.8 Å². The minimum absolute atomic E-state index is 0.00728. The molecule has 1 atom stereocenters. The first-order valence-electron chi connectivity index (χ1n) is 5.46. The van der Waals surface area contributed by atoms with Crippen LogP contribution in [0.25, 0.3) is 0 Å². The van der Waals surface area contributed by atoms with Gasteiger partial charge in [0.2, 0.25) is 10.0 Å². The van der Waals surface area contributed by atoms with Gasteiger partial charge in [-0.15, -0.1) is 0 Å². The maximum atomic E-state index is 12.2. The molecule has 0 spiro atoms. The summed E-state index contributed by atoms with van der Waals surface area (Å²) < 4.78 is 26.4. The summed E-state index contributed by atoms with van der Waals surface area (Å²) in [5.41, 5.74) is 0. The molecule has 0 aliphatic rings. The number of rotatable bonds is 5. The maximum Gasteiger partial charge on any atom is 0.322 e. The Morgan fingerprint density at radius 2 is 1.65 bits per heavy atom. The second kappa shape index (κ2) is 6.49. The minimum atomic E-state index is -4.13. The topological polar surface area (TPSA) is 83.5 Å². The Bertz CT molecular complexity index is 631. The van der Waals surface area contributed by atoms with Crippen LogP contribution in [0, 0.1) is 5.92 Å². The van der Waals surface area contributed by atoms with Crippen molar-refractivity contribution < 1.29 is 18.3 Å². The maximum absolute atomic E-state index is 12.2. The van der Waals surface area contributed by atoms with Gasteiger partial charge in [-0.25, -0.2) is 8.42 Å². The molecular weight excluding hydrogens is 349 g/mol. The van der Waals surface area contributed by atoms with Gasteiger partial charge in [0, 0.05) is 0 Å². The standard InChI is InChI=1S/C11H12Cl3NO4S/c1-5(2)10(11(16)17)15-20(18,19)9-4-7(13)6(12)3-8(9)14/h3-5,10,15H,1-2H3,(H,16,17). The van der Waals surface area contributed by atoms with Gasteiger partial charge in [-0.3, -0.25) is 4.79 Å². The molecule has 112 valence electrons. The van der Waals surface area contributed by atoms with Crippen LogP contribution in [0.1, 0.15) is 13.8 Å². The van der Waals surface area contributed by atoms with Crippen LogP contribution in [-0.2, 0) is 14.8 Å². The number of aliphatic carboxylic acids is 1. The fourth-order valence-corrected chi connectivity index (χ4v) is 3.75. The molecule has 0 fully saturated rings. The van der Waals surface area contributed by atoms with Crippen molar-refractivity contribution in [3.05, 3.63) is 27.2 Å². The molecule has 1 aromatic carbocycles. The Hall–Kier alpha value is -0.530. The van der Waals surface area contributed by atoms with Crippen molar-refractivity contribution in [2.24, 2.45) is 5.92 Å². The van der Waals surface area contributed by atoms with E-state index in [0.29, 0.717) is 0 Å². The SMILES string of the molecule is CC(C)C(NS(=O)(=O)c1cc(Cl)c(Cl)cc1Cl)C(=O)O. The normalized spacial score (nSPS) is 13.5. The first kappa shape index (κ1) is 17.5. The zero-order valence-electron chi connectivity index (χ0n) is 10.5. The van der Waals surface area contributed by atoms with Crippen LogP contribution in [0.15, 0.2) is 17.0 Å². The number of carboxylic acid groups (broad SMARTS) is 1. The number of halogens is 3. The summed E-state index contributed by atoms with van der Waals surface area (Å²) in [7, 11) is -4.13. The van der Waals surface area contributed by atoms with E-state index in [-0.39, 0.29) is 20.0 Å². The molecule has 0 heterocycles. The van der Waals surface area contributed by atoms with E-state index in [4.69, 9.17) is 39.9 Å². The molecule has 0 bridgehead atoms. The number of carbonyl (C=O) groups is 1. The van der Waals surface area contributed by atoms with Gasteiger partial charge in [0.25, 0.3) is 0 Å². The first-order valence-corrected chi connectivity index (χ1v) is 8.07. The molecule has 1 aromatic rings. The van der Waals surface area contributed by atoms with Crippen molar-refractivity contribution in [2.45, 2.75) is 24.8 Å². The summed E-state index contributed by atoms with van der Waals surface area (Å²) in [6, 6.07) is 0.990. The third-order valence-corrected chi connectivity index (χ3v) is 5.11. The lowest BCUT2D eigenvalue weighted by Crippen LogP contribution is -2.44. The molecule has 0 aliphatic carbocycles. The molecule has 0 amide bonds. The lowest BCUT2D eigenvalue weighted by molar-refractivity contribution is -0.140. The quantitative estimate of drug-likeness (QED) is 0.791. The average Bonchev–Trinajstić information content (AvgIpc) is 2.30. The van der Waals surface area contributed by atoms with Crippen LogP contribution in [0.4, 0.5) is 0 Å². The predicted octanol–water partition coefficient (Wildman–Crippen LogP) is 3.03. The van der Waals surface area contributed by atoms with Crippen LogP contribution < -0.4 is 4.72 Å². The highest BCUT2D eigenvalue weighted by molar-refractivity contribution is 7.89. The number of benzene rings is 1. The Morgan fingerprint density at radius 3 is 2.10 bits per heavy atom. The van der Waals surface area contributed by atoms with Crippen LogP contribution in [-0.4, -0.2) is 25.5 Å². The van der Waals surface area contributed by atoms with Gasteiger partial charge >= 0.3 is 5.97 Å². The van der Waals surface area contributed by atoms with Crippen molar-refractivity contribution in [3.8, 4) is 0 Å². The van der Waals surface area contributed by atoms with Gasteiger partial charge in [-0.2, -0.15) is 4.72 Å². The average molecular weight is 361 g/mol. The van der Waals surface area contributed by atoms with E-state index in [1.807, 2.05) is 0 Å². The fourth-order valence-electron chi connectivity index (χ4n) is 1.41. The Morgan fingerprint density at radius 1 is 1.15 bits per heavy atom. The van der Waals surface area contributed by atoms with Crippen molar-refractivity contribution in [1.29, 1.82) is 0 Å². The zero-order chi connectivity index (χ0) is 15.7. The third-order valence-electron chi connectivity index (χ3n) is 2.48. The molecule has 0 aromatic heterocycles. The molecule has 1 unspecified atom stereocenters. The van der Waals surface area contributed by atoms with Gasteiger partial charge < -0.3 is 5.11 Å². The van der Waals surface area contributed by atoms with E-state index < -0.39 is 28.0 Å². The number of carboxylic acids is 1. The second-order valence-electron chi connectivity index (χ2n) is 4.38. The largest absolute Gasteiger partial charge is 0.480 e. The number of hydrogen-bond donors (Lipinski definition) is 2. The molecule has 2 N–H and O–H groups in total. The highest BCUT2D eigenvalue weighted by Gasteiger charge is 2.29. The van der Waals surface area contributed by atoms with Crippen LogP contribution in [0.5, 0.6) is 0 Å². The van der Waals surface area contributed by atoms with Gasteiger partial charge in [-0.05, 0) is 18.1 Å². The highest BCUT2D eigenvalue weighted by Crippen LogP contribution is 2.31. The molecule has 9 heteroatoms.